The summed E-state index contributed by atoms with van der Waals surface area (Å²) in [5.41, 5.74) is 2.84. The number of carbonyl (C=O) groups excluding carboxylic acids is 1. The monoisotopic (exact) mass is 385 g/mol. The molecule has 6 heteroatoms. The molecule has 0 fully saturated rings. The standard InChI is InChI=1S/C21H24FN3OS/c1-15-6-4-7-16(12-15)13-20(26)25(11-5-10-24(2)3)21-23-18-9-8-17(22)14-19(18)27-21/h4,6-9,12,14H,5,10-11,13H2,1-3H3. The Bertz CT molecular complexity index is 938. The molecule has 0 spiro atoms. The first kappa shape index (κ1) is 19.5. The second-order valence-corrected chi connectivity index (χ2v) is 7.99. The number of thiazole rings is 1. The van der Waals surface area contributed by atoms with Gasteiger partial charge in [-0.15, -0.1) is 0 Å². The maximum atomic E-state index is 13.5. The summed E-state index contributed by atoms with van der Waals surface area (Å²) in [4.78, 5) is 21.5. The van der Waals surface area contributed by atoms with E-state index in [2.05, 4.69) is 9.88 Å². The molecule has 0 saturated heterocycles. The third kappa shape index (κ3) is 5.11. The first-order valence-electron chi connectivity index (χ1n) is 8.99. The minimum atomic E-state index is -0.289. The lowest BCUT2D eigenvalue weighted by molar-refractivity contribution is -0.118. The molecule has 0 radical (unpaired) electrons. The largest absolute Gasteiger partial charge is 0.309 e. The van der Waals surface area contributed by atoms with Gasteiger partial charge in [0.15, 0.2) is 5.13 Å². The van der Waals surface area contributed by atoms with Crippen LogP contribution in [0.15, 0.2) is 42.5 Å². The zero-order valence-electron chi connectivity index (χ0n) is 15.9. The highest BCUT2D eigenvalue weighted by Gasteiger charge is 2.20. The van der Waals surface area contributed by atoms with E-state index in [4.69, 9.17) is 0 Å². The fourth-order valence-electron chi connectivity index (χ4n) is 2.97. The van der Waals surface area contributed by atoms with Gasteiger partial charge in [-0.1, -0.05) is 41.2 Å². The first-order valence-corrected chi connectivity index (χ1v) is 9.81. The number of rotatable bonds is 7. The number of amides is 1. The van der Waals surface area contributed by atoms with Gasteiger partial charge in [-0.3, -0.25) is 9.69 Å². The Morgan fingerprint density at radius 3 is 2.70 bits per heavy atom. The number of halogens is 1. The molecule has 1 aromatic heterocycles. The predicted molar refractivity (Wildman–Crippen MR) is 110 cm³/mol. The summed E-state index contributed by atoms with van der Waals surface area (Å²) in [6.45, 7) is 3.49. The van der Waals surface area contributed by atoms with Crippen molar-refractivity contribution < 1.29 is 9.18 Å². The zero-order chi connectivity index (χ0) is 19.4. The van der Waals surface area contributed by atoms with Gasteiger partial charge in [0.25, 0.3) is 0 Å². The third-order valence-electron chi connectivity index (χ3n) is 4.30. The number of anilines is 1. The number of carbonyl (C=O) groups is 1. The Hall–Kier alpha value is -2.31. The Kier molecular flexibility index (Phi) is 6.19. The van der Waals surface area contributed by atoms with E-state index in [-0.39, 0.29) is 11.7 Å². The normalized spacial score (nSPS) is 11.3. The van der Waals surface area contributed by atoms with Gasteiger partial charge in [0.1, 0.15) is 5.82 Å². The molecule has 0 saturated carbocycles. The van der Waals surface area contributed by atoms with Crippen LogP contribution in [0.4, 0.5) is 9.52 Å². The van der Waals surface area contributed by atoms with E-state index in [1.165, 1.54) is 23.5 Å². The van der Waals surface area contributed by atoms with E-state index in [0.29, 0.717) is 18.1 Å². The van der Waals surface area contributed by atoms with Gasteiger partial charge in [-0.25, -0.2) is 9.37 Å². The average molecular weight is 386 g/mol. The van der Waals surface area contributed by atoms with Crippen LogP contribution in [0.25, 0.3) is 10.2 Å². The van der Waals surface area contributed by atoms with Gasteiger partial charge in [-0.05, 0) is 57.7 Å². The van der Waals surface area contributed by atoms with Crippen molar-refractivity contribution in [1.82, 2.24) is 9.88 Å². The van der Waals surface area contributed by atoms with Gasteiger partial charge < -0.3 is 4.90 Å². The Balaban J connectivity index is 1.85. The van der Waals surface area contributed by atoms with Crippen LogP contribution >= 0.6 is 11.3 Å². The summed E-state index contributed by atoms with van der Waals surface area (Å²) in [6, 6.07) is 12.5. The van der Waals surface area contributed by atoms with Crippen LogP contribution in [-0.4, -0.2) is 43.0 Å². The van der Waals surface area contributed by atoms with E-state index in [0.717, 1.165) is 34.3 Å². The number of hydrogen-bond acceptors (Lipinski definition) is 4. The lowest BCUT2D eigenvalue weighted by Crippen LogP contribution is -2.34. The summed E-state index contributed by atoms with van der Waals surface area (Å²) in [5.74, 6) is -0.276. The Labute approximate surface area is 163 Å². The van der Waals surface area contributed by atoms with Gasteiger partial charge >= 0.3 is 0 Å². The van der Waals surface area contributed by atoms with Crippen LogP contribution in [-0.2, 0) is 11.2 Å². The van der Waals surface area contributed by atoms with E-state index < -0.39 is 0 Å². The summed E-state index contributed by atoms with van der Waals surface area (Å²) in [7, 11) is 4.03. The highest BCUT2D eigenvalue weighted by Crippen LogP contribution is 2.30. The predicted octanol–water partition coefficient (Wildman–Crippen LogP) is 4.27. The summed E-state index contributed by atoms with van der Waals surface area (Å²) < 4.78 is 14.3. The van der Waals surface area contributed by atoms with Crippen molar-refractivity contribution in [1.29, 1.82) is 0 Å². The zero-order valence-corrected chi connectivity index (χ0v) is 16.7. The van der Waals surface area contributed by atoms with Crippen LogP contribution in [0, 0.1) is 12.7 Å². The summed E-state index contributed by atoms with van der Waals surface area (Å²) in [6.07, 6.45) is 1.17. The van der Waals surface area contributed by atoms with E-state index >= 15 is 0 Å². The Morgan fingerprint density at radius 2 is 1.96 bits per heavy atom. The minimum Gasteiger partial charge on any atom is -0.309 e. The molecule has 1 heterocycles. The fraction of sp³-hybridized carbons (Fsp3) is 0.333. The second kappa shape index (κ2) is 8.59. The van der Waals surface area contributed by atoms with Crippen LogP contribution in [0.1, 0.15) is 17.5 Å². The molecule has 0 aliphatic carbocycles. The molecule has 0 atom stereocenters. The molecular weight excluding hydrogens is 361 g/mol. The molecule has 2 aromatic carbocycles. The van der Waals surface area contributed by atoms with Gasteiger partial charge in [-0.2, -0.15) is 0 Å². The smallest absolute Gasteiger partial charge is 0.233 e. The highest BCUT2D eigenvalue weighted by molar-refractivity contribution is 7.22. The van der Waals surface area contributed by atoms with Crippen molar-refractivity contribution >= 4 is 32.6 Å². The van der Waals surface area contributed by atoms with Crippen molar-refractivity contribution in [3.05, 3.63) is 59.4 Å². The molecule has 1 amide bonds. The number of benzene rings is 2. The maximum Gasteiger partial charge on any atom is 0.233 e. The molecule has 0 aliphatic heterocycles. The van der Waals surface area contributed by atoms with Gasteiger partial charge in [0, 0.05) is 6.54 Å². The summed E-state index contributed by atoms with van der Waals surface area (Å²) in [5, 5.41) is 0.631. The SMILES string of the molecule is Cc1cccc(CC(=O)N(CCCN(C)C)c2nc3ccc(F)cc3s2)c1. The first-order chi connectivity index (χ1) is 12.9. The number of aryl methyl sites for hydroxylation is 1. The van der Waals surface area contributed by atoms with Crippen molar-refractivity contribution in [3.8, 4) is 0 Å². The fourth-order valence-corrected chi connectivity index (χ4v) is 4.00. The molecule has 3 rings (SSSR count). The number of nitrogens with zero attached hydrogens (tertiary/aromatic N) is 3. The molecule has 0 N–H and O–H groups in total. The molecule has 27 heavy (non-hydrogen) atoms. The van der Waals surface area contributed by atoms with Crippen LogP contribution in [0.3, 0.4) is 0 Å². The van der Waals surface area contributed by atoms with Crippen molar-refractivity contribution in [3.63, 3.8) is 0 Å². The van der Waals surface area contributed by atoms with Crippen molar-refractivity contribution in [2.45, 2.75) is 19.8 Å². The molecule has 0 aliphatic rings. The molecule has 0 unspecified atom stereocenters. The lowest BCUT2D eigenvalue weighted by Gasteiger charge is -2.21. The molecule has 4 nitrogen and oxygen atoms in total. The van der Waals surface area contributed by atoms with E-state index in [1.807, 2.05) is 45.3 Å². The van der Waals surface area contributed by atoms with Crippen molar-refractivity contribution in [2.24, 2.45) is 0 Å². The quantitative estimate of drug-likeness (QED) is 0.609. The van der Waals surface area contributed by atoms with Crippen LogP contribution in [0.5, 0.6) is 0 Å². The van der Waals surface area contributed by atoms with Gasteiger partial charge in [0.05, 0.1) is 16.6 Å². The number of hydrogen-bond donors (Lipinski definition) is 0. The third-order valence-corrected chi connectivity index (χ3v) is 5.34. The average Bonchev–Trinajstić information content (AvgIpc) is 3.01. The van der Waals surface area contributed by atoms with Gasteiger partial charge in [0.2, 0.25) is 5.91 Å². The summed E-state index contributed by atoms with van der Waals surface area (Å²) >= 11 is 1.36. The second-order valence-electron chi connectivity index (χ2n) is 6.98. The number of fused-ring (bicyclic) bond motifs is 1. The molecule has 142 valence electrons. The van der Waals surface area contributed by atoms with Crippen molar-refractivity contribution in [2.75, 3.05) is 32.1 Å². The van der Waals surface area contributed by atoms with Crippen LogP contribution < -0.4 is 4.90 Å². The molecule has 3 aromatic rings. The molecular formula is C21H24FN3OS. The topological polar surface area (TPSA) is 36.4 Å². The highest BCUT2D eigenvalue weighted by atomic mass is 32.1. The minimum absolute atomic E-state index is 0.0129. The number of aromatic nitrogens is 1. The lowest BCUT2D eigenvalue weighted by atomic mass is 10.1. The van der Waals surface area contributed by atoms with E-state index in [9.17, 15) is 9.18 Å². The molecule has 0 bridgehead atoms. The maximum absolute atomic E-state index is 13.5. The van der Waals surface area contributed by atoms with Crippen LogP contribution in [0.2, 0.25) is 0 Å². The van der Waals surface area contributed by atoms with E-state index in [1.54, 1.807) is 11.0 Å². The Morgan fingerprint density at radius 1 is 1.15 bits per heavy atom.